The highest BCUT2D eigenvalue weighted by atomic mass is 35.5. The lowest BCUT2D eigenvalue weighted by Crippen LogP contribution is -2.19. The third-order valence-electron chi connectivity index (χ3n) is 3.14. The zero-order valence-electron chi connectivity index (χ0n) is 9.06. The zero-order chi connectivity index (χ0) is 11.0. The Bertz CT molecular complexity index is 500. The summed E-state index contributed by atoms with van der Waals surface area (Å²) in [5.74, 6) is 0. The van der Waals surface area contributed by atoms with Gasteiger partial charge in [0.25, 0.3) is 0 Å². The van der Waals surface area contributed by atoms with E-state index in [-0.39, 0.29) is 0 Å². The molecule has 0 N–H and O–H groups in total. The van der Waals surface area contributed by atoms with Gasteiger partial charge in [0.1, 0.15) is 10.8 Å². The Morgan fingerprint density at radius 3 is 2.88 bits per heavy atom. The molecule has 0 unspecified atom stereocenters. The maximum absolute atomic E-state index is 6.19. The van der Waals surface area contributed by atoms with Gasteiger partial charge in [-0.05, 0) is 38.1 Å². The SMILES string of the molecule is Clc1cccc2ncc(CN3CCCC3)n12. The Morgan fingerprint density at radius 2 is 2.06 bits per heavy atom. The van der Waals surface area contributed by atoms with Crippen LogP contribution in [-0.4, -0.2) is 27.4 Å². The predicted octanol–water partition coefficient (Wildman–Crippen LogP) is 2.58. The van der Waals surface area contributed by atoms with Crippen molar-refractivity contribution in [3.8, 4) is 0 Å². The molecule has 1 aliphatic heterocycles. The van der Waals surface area contributed by atoms with Gasteiger partial charge >= 0.3 is 0 Å². The van der Waals surface area contributed by atoms with Crippen LogP contribution >= 0.6 is 11.6 Å². The first kappa shape index (κ1) is 10.1. The van der Waals surface area contributed by atoms with E-state index in [0.717, 1.165) is 17.3 Å². The standard InChI is InChI=1S/C12H14ClN3/c13-11-4-3-5-12-14-8-10(16(11)12)9-15-6-1-2-7-15/h3-5,8H,1-2,6-7,9H2. The number of hydrogen-bond donors (Lipinski definition) is 0. The number of imidazole rings is 1. The summed E-state index contributed by atoms with van der Waals surface area (Å²) < 4.78 is 2.03. The quantitative estimate of drug-likeness (QED) is 0.746. The van der Waals surface area contributed by atoms with Gasteiger partial charge in [-0.25, -0.2) is 4.98 Å². The summed E-state index contributed by atoms with van der Waals surface area (Å²) in [5.41, 5.74) is 2.11. The van der Waals surface area contributed by atoms with Crippen molar-refractivity contribution in [2.75, 3.05) is 13.1 Å². The van der Waals surface area contributed by atoms with Gasteiger partial charge in [0.15, 0.2) is 0 Å². The van der Waals surface area contributed by atoms with Crippen LogP contribution in [0.25, 0.3) is 5.65 Å². The van der Waals surface area contributed by atoms with Crippen molar-refractivity contribution in [3.05, 3.63) is 35.2 Å². The van der Waals surface area contributed by atoms with Crippen LogP contribution < -0.4 is 0 Å². The van der Waals surface area contributed by atoms with Gasteiger partial charge in [-0.1, -0.05) is 17.7 Å². The van der Waals surface area contributed by atoms with E-state index in [1.54, 1.807) is 0 Å². The highest BCUT2D eigenvalue weighted by molar-refractivity contribution is 6.29. The number of likely N-dealkylation sites (tertiary alicyclic amines) is 1. The number of rotatable bonds is 2. The first-order valence-electron chi connectivity index (χ1n) is 5.68. The minimum atomic E-state index is 0.740. The lowest BCUT2D eigenvalue weighted by atomic mass is 10.4. The Morgan fingerprint density at radius 1 is 1.25 bits per heavy atom. The van der Waals surface area contributed by atoms with Gasteiger partial charge < -0.3 is 0 Å². The molecule has 16 heavy (non-hydrogen) atoms. The lowest BCUT2D eigenvalue weighted by molar-refractivity contribution is 0.326. The molecule has 3 nitrogen and oxygen atoms in total. The fraction of sp³-hybridized carbons (Fsp3) is 0.417. The monoisotopic (exact) mass is 235 g/mol. The molecule has 2 aromatic heterocycles. The topological polar surface area (TPSA) is 20.5 Å². The van der Waals surface area contributed by atoms with E-state index >= 15 is 0 Å². The molecular weight excluding hydrogens is 222 g/mol. The molecule has 3 rings (SSSR count). The molecule has 1 saturated heterocycles. The van der Waals surface area contributed by atoms with E-state index in [1.807, 2.05) is 28.8 Å². The normalized spacial score (nSPS) is 17.3. The Labute approximate surface area is 99.7 Å². The van der Waals surface area contributed by atoms with Crippen molar-refractivity contribution in [1.82, 2.24) is 14.3 Å². The molecule has 0 radical (unpaired) electrons. The Kier molecular flexibility index (Phi) is 2.58. The van der Waals surface area contributed by atoms with E-state index in [2.05, 4.69) is 9.88 Å². The van der Waals surface area contributed by atoms with Gasteiger partial charge in [0, 0.05) is 6.54 Å². The Balaban J connectivity index is 1.97. The molecule has 0 atom stereocenters. The number of fused-ring (bicyclic) bond motifs is 1. The molecule has 0 saturated carbocycles. The van der Waals surface area contributed by atoms with Gasteiger partial charge in [0.2, 0.25) is 0 Å². The summed E-state index contributed by atoms with van der Waals surface area (Å²) in [5, 5.41) is 0.740. The molecule has 0 spiro atoms. The van der Waals surface area contributed by atoms with Crippen LogP contribution in [0.5, 0.6) is 0 Å². The molecule has 4 heteroatoms. The first-order valence-corrected chi connectivity index (χ1v) is 6.05. The highest BCUT2D eigenvalue weighted by Crippen LogP contribution is 2.18. The van der Waals surface area contributed by atoms with Crippen molar-refractivity contribution in [1.29, 1.82) is 0 Å². The maximum atomic E-state index is 6.19. The maximum Gasteiger partial charge on any atom is 0.138 e. The second-order valence-electron chi connectivity index (χ2n) is 4.27. The molecule has 1 aliphatic rings. The van der Waals surface area contributed by atoms with Crippen LogP contribution in [0.15, 0.2) is 24.4 Å². The second kappa shape index (κ2) is 4.07. The van der Waals surface area contributed by atoms with Crippen LogP contribution in [0.2, 0.25) is 5.15 Å². The smallest absolute Gasteiger partial charge is 0.138 e. The number of nitrogens with zero attached hydrogens (tertiary/aromatic N) is 3. The number of halogens is 1. The average molecular weight is 236 g/mol. The van der Waals surface area contributed by atoms with Crippen LogP contribution in [-0.2, 0) is 6.54 Å². The molecule has 0 amide bonds. The van der Waals surface area contributed by atoms with Crippen molar-refractivity contribution in [3.63, 3.8) is 0 Å². The zero-order valence-corrected chi connectivity index (χ0v) is 9.82. The van der Waals surface area contributed by atoms with Crippen molar-refractivity contribution >= 4 is 17.2 Å². The molecule has 0 aromatic carbocycles. The summed E-state index contributed by atoms with van der Waals surface area (Å²) in [7, 11) is 0. The summed E-state index contributed by atoms with van der Waals surface area (Å²) in [4.78, 5) is 6.82. The summed E-state index contributed by atoms with van der Waals surface area (Å²) in [6, 6.07) is 5.83. The van der Waals surface area contributed by atoms with Crippen molar-refractivity contribution in [2.45, 2.75) is 19.4 Å². The van der Waals surface area contributed by atoms with Gasteiger partial charge in [0.05, 0.1) is 11.9 Å². The minimum Gasteiger partial charge on any atom is -0.298 e. The van der Waals surface area contributed by atoms with Crippen molar-refractivity contribution in [2.24, 2.45) is 0 Å². The number of pyridine rings is 1. The van der Waals surface area contributed by atoms with Crippen LogP contribution in [0.3, 0.4) is 0 Å². The van der Waals surface area contributed by atoms with Crippen molar-refractivity contribution < 1.29 is 0 Å². The third-order valence-corrected chi connectivity index (χ3v) is 3.43. The summed E-state index contributed by atoms with van der Waals surface area (Å²) >= 11 is 6.19. The fourth-order valence-electron chi connectivity index (χ4n) is 2.34. The number of hydrogen-bond acceptors (Lipinski definition) is 2. The molecule has 0 bridgehead atoms. The summed E-state index contributed by atoms with van der Waals surface area (Å²) in [6.07, 6.45) is 4.55. The first-order chi connectivity index (χ1) is 7.84. The molecule has 1 fully saturated rings. The average Bonchev–Trinajstić information content (AvgIpc) is 2.90. The lowest BCUT2D eigenvalue weighted by Gasteiger charge is -2.14. The van der Waals surface area contributed by atoms with Gasteiger partial charge in [-0.15, -0.1) is 0 Å². The van der Waals surface area contributed by atoms with Gasteiger partial charge in [-0.2, -0.15) is 0 Å². The van der Waals surface area contributed by atoms with E-state index in [4.69, 9.17) is 11.6 Å². The molecule has 3 heterocycles. The molecule has 0 aliphatic carbocycles. The highest BCUT2D eigenvalue weighted by Gasteiger charge is 2.14. The van der Waals surface area contributed by atoms with Crippen LogP contribution in [0.1, 0.15) is 18.5 Å². The largest absolute Gasteiger partial charge is 0.298 e. The predicted molar refractivity (Wildman–Crippen MR) is 64.7 cm³/mol. The van der Waals surface area contributed by atoms with E-state index in [9.17, 15) is 0 Å². The van der Waals surface area contributed by atoms with E-state index in [0.29, 0.717) is 0 Å². The minimum absolute atomic E-state index is 0.740. The summed E-state index contributed by atoms with van der Waals surface area (Å²) in [6.45, 7) is 3.33. The van der Waals surface area contributed by atoms with Crippen LogP contribution in [0.4, 0.5) is 0 Å². The van der Waals surface area contributed by atoms with E-state index in [1.165, 1.54) is 31.6 Å². The second-order valence-corrected chi connectivity index (χ2v) is 4.66. The number of aromatic nitrogens is 2. The third kappa shape index (κ3) is 1.70. The fourth-order valence-corrected chi connectivity index (χ4v) is 2.60. The van der Waals surface area contributed by atoms with Crippen LogP contribution in [0, 0.1) is 0 Å². The van der Waals surface area contributed by atoms with Gasteiger partial charge in [-0.3, -0.25) is 9.30 Å². The molecule has 2 aromatic rings. The molecule has 84 valence electrons. The van der Waals surface area contributed by atoms with E-state index < -0.39 is 0 Å². The molecular formula is C12H14ClN3. The Hall–Kier alpha value is -1.06.